The van der Waals surface area contributed by atoms with Crippen molar-refractivity contribution in [3.8, 4) is 33.6 Å². The first-order chi connectivity index (χ1) is 27.0. The van der Waals surface area contributed by atoms with Gasteiger partial charge in [-0.05, 0) is 98.1 Å². The van der Waals surface area contributed by atoms with Gasteiger partial charge in [0, 0.05) is 38.0 Å². The van der Waals surface area contributed by atoms with E-state index in [-0.39, 0.29) is 5.41 Å². The highest BCUT2D eigenvalue weighted by Crippen LogP contribution is 2.53. The fourth-order valence-corrected chi connectivity index (χ4v) is 9.94. The van der Waals surface area contributed by atoms with Crippen LogP contribution in [0.2, 0.25) is 0 Å². The van der Waals surface area contributed by atoms with Crippen LogP contribution in [-0.4, -0.2) is 9.13 Å². The van der Waals surface area contributed by atoms with Gasteiger partial charge < -0.3 is 9.13 Å². The molecule has 0 N–H and O–H groups in total. The molecular formula is C53H36N2. The Hall–Kier alpha value is -6.90. The first kappa shape index (κ1) is 30.6. The zero-order valence-electron chi connectivity index (χ0n) is 30.7. The zero-order chi connectivity index (χ0) is 36.4. The van der Waals surface area contributed by atoms with Crippen LogP contribution in [0.4, 0.5) is 0 Å². The SMILES string of the molecule is CC1(C)c2ccccc2-c2ccc3c4cc(-c5ccc6c(c5)c5ccccc5n6-c5cccc6ccccc56)ccc4n(-c4ccc5ccccc5c4)c3c21. The second-order valence-corrected chi connectivity index (χ2v) is 15.7. The Labute approximate surface area is 319 Å². The summed E-state index contributed by atoms with van der Waals surface area (Å²) in [5.41, 5.74) is 15.1. The third kappa shape index (κ3) is 4.20. The van der Waals surface area contributed by atoms with Crippen molar-refractivity contribution in [3.63, 3.8) is 0 Å². The molecule has 1 aliphatic rings. The molecule has 0 atom stereocenters. The van der Waals surface area contributed by atoms with Gasteiger partial charge in [-0.25, -0.2) is 0 Å². The average molecular weight is 701 g/mol. The summed E-state index contributed by atoms with van der Waals surface area (Å²) in [4.78, 5) is 0. The Morgan fingerprint density at radius 2 is 1.02 bits per heavy atom. The van der Waals surface area contributed by atoms with Gasteiger partial charge in [-0.15, -0.1) is 0 Å². The van der Waals surface area contributed by atoms with Crippen LogP contribution in [0.15, 0.2) is 182 Å². The highest BCUT2D eigenvalue weighted by Gasteiger charge is 2.38. The molecule has 0 saturated carbocycles. The Morgan fingerprint density at radius 3 is 1.85 bits per heavy atom. The van der Waals surface area contributed by atoms with Crippen LogP contribution >= 0.6 is 0 Å². The second kappa shape index (κ2) is 11.1. The van der Waals surface area contributed by atoms with Crippen LogP contribution in [0, 0.1) is 0 Å². The minimum atomic E-state index is -0.152. The quantitative estimate of drug-likeness (QED) is 0.174. The van der Waals surface area contributed by atoms with Gasteiger partial charge in [0.05, 0.1) is 27.8 Å². The number of fused-ring (bicyclic) bond motifs is 12. The molecule has 55 heavy (non-hydrogen) atoms. The maximum Gasteiger partial charge on any atom is 0.0588 e. The van der Waals surface area contributed by atoms with E-state index in [1.54, 1.807) is 0 Å². The molecule has 0 amide bonds. The standard InChI is InChI=1S/C53H36N2/c1-53(2)46-19-9-7-17-40(46)42-26-27-43-45-32-37(23-28-49(45)54(52(43)51(42)53)38-25-22-33-12-3-4-14-35(33)30-38)36-24-29-50-44(31-36)41-18-8-10-20-48(41)55(50)47-21-11-15-34-13-5-6-16-39(34)47/h3-32H,1-2H3. The molecule has 0 radical (unpaired) electrons. The molecule has 2 nitrogen and oxygen atoms in total. The number of benzene rings is 9. The zero-order valence-corrected chi connectivity index (χ0v) is 30.7. The van der Waals surface area contributed by atoms with Crippen LogP contribution in [0.25, 0.3) is 98.8 Å². The van der Waals surface area contributed by atoms with E-state index in [4.69, 9.17) is 0 Å². The van der Waals surface area contributed by atoms with Crippen LogP contribution < -0.4 is 0 Å². The lowest BCUT2D eigenvalue weighted by Gasteiger charge is -2.23. The van der Waals surface area contributed by atoms with E-state index in [0.29, 0.717) is 0 Å². The van der Waals surface area contributed by atoms with Gasteiger partial charge >= 0.3 is 0 Å². The Bertz CT molecular complexity index is 3400. The predicted molar refractivity (Wildman–Crippen MR) is 233 cm³/mol. The van der Waals surface area contributed by atoms with Gasteiger partial charge in [-0.2, -0.15) is 0 Å². The van der Waals surface area contributed by atoms with Gasteiger partial charge in [0.25, 0.3) is 0 Å². The van der Waals surface area contributed by atoms with Crippen molar-refractivity contribution in [1.29, 1.82) is 0 Å². The van der Waals surface area contributed by atoms with Crippen molar-refractivity contribution in [1.82, 2.24) is 9.13 Å². The average Bonchev–Trinajstić information content (AvgIpc) is 3.83. The van der Waals surface area contributed by atoms with E-state index < -0.39 is 0 Å². The molecule has 0 aliphatic heterocycles. The molecule has 2 heteroatoms. The van der Waals surface area contributed by atoms with Gasteiger partial charge in [-0.3, -0.25) is 0 Å². The number of hydrogen-bond donors (Lipinski definition) is 0. The molecule has 11 aromatic rings. The third-order valence-electron chi connectivity index (χ3n) is 12.4. The lowest BCUT2D eigenvalue weighted by molar-refractivity contribution is 0.664. The highest BCUT2D eigenvalue weighted by molar-refractivity contribution is 6.15. The van der Waals surface area contributed by atoms with Crippen LogP contribution in [0.3, 0.4) is 0 Å². The van der Waals surface area contributed by atoms with Gasteiger partial charge in [0.15, 0.2) is 0 Å². The maximum atomic E-state index is 2.54. The number of nitrogens with zero attached hydrogens (tertiary/aromatic N) is 2. The molecule has 0 fully saturated rings. The van der Waals surface area contributed by atoms with Crippen molar-refractivity contribution in [2.75, 3.05) is 0 Å². The summed E-state index contributed by atoms with van der Waals surface area (Å²) in [5.74, 6) is 0. The van der Waals surface area contributed by atoms with E-state index >= 15 is 0 Å². The topological polar surface area (TPSA) is 9.86 Å². The fraction of sp³-hybridized carbons (Fsp3) is 0.0566. The summed E-state index contributed by atoms with van der Waals surface area (Å²) in [5, 5.41) is 10.1. The molecule has 0 spiro atoms. The van der Waals surface area contributed by atoms with Gasteiger partial charge in [0.2, 0.25) is 0 Å². The maximum absolute atomic E-state index is 2.54. The summed E-state index contributed by atoms with van der Waals surface area (Å²) < 4.78 is 4.98. The van der Waals surface area contributed by atoms with Crippen molar-refractivity contribution in [2.45, 2.75) is 19.3 Å². The Morgan fingerprint density at radius 1 is 0.382 bits per heavy atom. The molecule has 0 unspecified atom stereocenters. The molecule has 1 aliphatic carbocycles. The first-order valence-corrected chi connectivity index (χ1v) is 19.3. The first-order valence-electron chi connectivity index (χ1n) is 19.3. The summed E-state index contributed by atoms with van der Waals surface area (Å²) >= 11 is 0. The van der Waals surface area contributed by atoms with E-state index in [1.807, 2.05) is 0 Å². The smallest absolute Gasteiger partial charge is 0.0588 e. The Kier molecular flexibility index (Phi) is 6.15. The Balaban J connectivity index is 1.11. The van der Waals surface area contributed by atoms with Crippen molar-refractivity contribution >= 4 is 65.2 Å². The largest absolute Gasteiger partial charge is 0.309 e. The van der Waals surface area contributed by atoms with Crippen LogP contribution in [0.1, 0.15) is 25.0 Å². The molecule has 2 aromatic heterocycles. The second-order valence-electron chi connectivity index (χ2n) is 15.7. The van der Waals surface area contributed by atoms with E-state index in [9.17, 15) is 0 Å². The van der Waals surface area contributed by atoms with Crippen molar-refractivity contribution < 1.29 is 0 Å². The van der Waals surface area contributed by atoms with E-state index in [1.165, 1.54) is 110 Å². The summed E-state index contributed by atoms with van der Waals surface area (Å²) in [6.45, 7) is 4.80. The number of hydrogen-bond acceptors (Lipinski definition) is 0. The molecule has 9 aromatic carbocycles. The lowest BCUT2D eigenvalue weighted by Crippen LogP contribution is -2.16. The van der Waals surface area contributed by atoms with Gasteiger partial charge in [0.1, 0.15) is 0 Å². The monoisotopic (exact) mass is 700 g/mol. The normalized spacial score (nSPS) is 13.4. The van der Waals surface area contributed by atoms with Crippen LogP contribution in [-0.2, 0) is 5.41 Å². The predicted octanol–water partition coefficient (Wildman–Crippen LogP) is 14.2. The van der Waals surface area contributed by atoms with E-state index in [0.717, 1.165) is 0 Å². The highest BCUT2D eigenvalue weighted by atomic mass is 15.0. The van der Waals surface area contributed by atoms with E-state index in [2.05, 4.69) is 205 Å². The van der Waals surface area contributed by atoms with Crippen molar-refractivity contribution in [3.05, 3.63) is 193 Å². The number of para-hydroxylation sites is 1. The summed E-state index contributed by atoms with van der Waals surface area (Å²) in [7, 11) is 0. The molecule has 258 valence electrons. The van der Waals surface area contributed by atoms with Gasteiger partial charge in [-0.1, -0.05) is 147 Å². The lowest BCUT2D eigenvalue weighted by atomic mass is 9.81. The summed E-state index contributed by atoms with van der Waals surface area (Å²) in [6.07, 6.45) is 0. The fourth-order valence-electron chi connectivity index (χ4n) is 9.94. The molecular weight excluding hydrogens is 665 g/mol. The number of rotatable bonds is 3. The third-order valence-corrected chi connectivity index (χ3v) is 12.4. The molecule has 12 rings (SSSR count). The molecule has 0 saturated heterocycles. The number of aromatic nitrogens is 2. The molecule has 0 bridgehead atoms. The molecule has 2 heterocycles. The minimum Gasteiger partial charge on any atom is -0.309 e. The summed E-state index contributed by atoms with van der Waals surface area (Å²) in [6, 6.07) is 67.6. The van der Waals surface area contributed by atoms with Crippen molar-refractivity contribution in [2.24, 2.45) is 0 Å². The van der Waals surface area contributed by atoms with Crippen LogP contribution in [0.5, 0.6) is 0 Å². The minimum absolute atomic E-state index is 0.152.